The second-order valence-electron chi connectivity index (χ2n) is 5.57. The van der Waals surface area contributed by atoms with Gasteiger partial charge in [-0.25, -0.2) is 4.39 Å². The van der Waals surface area contributed by atoms with Crippen LogP contribution in [0.2, 0.25) is 0 Å². The molecule has 0 spiro atoms. The number of fused-ring (bicyclic) bond motifs is 1. The molecule has 4 heteroatoms. The lowest BCUT2D eigenvalue weighted by molar-refractivity contribution is -0.0499. The molecule has 2 nitrogen and oxygen atoms in total. The largest absolute Gasteiger partial charge is 0.380 e. The van der Waals surface area contributed by atoms with E-state index >= 15 is 0 Å². The number of hydrogen-bond acceptors (Lipinski definition) is 2. The van der Waals surface area contributed by atoms with E-state index in [1.165, 1.54) is 6.07 Å². The number of hydrogen-bond donors (Lipinski definition) is 0. The van der Waals surface area contributed by atoms with Crippen LogP contribution in [0.4, 0.5) is 4.39 Å². The quantitative estimate of drug-likeness (QED) is 0.824. The molecule has 1 aromatic rings. The Labute approximate surface area is 121 Å². The van der Waals surface area contributed by atoms with Crippen LogP contribution in [0.25, 0.3) is 0 Å². The lowest BCUT2D eigenvalue weighted by Crippen LogP contribution is -2.47. The molecule has 2 aliphatic heterocycles. The van der Waals surface area contributed by atoms with Crippen LogP contribution < -0.4 is 0 Å². The molecule has 2 saturated heterocycles. The third-order valence-corrected chi connectivity index (χ3v) is 5.00. The van der Waals surface area contributed by atoms with Gasteiger partial charge in [-0.1, -0.05) is 22.9 Å². The van der Waals surface area contributed by atoms with Gasteiger partial charge in [-0.2, -0.15) is 0 Å². The van der Waals surface area contributed by atoms with E-state index < -0.39 is 0 Å². The van der Waals surface area contributed by atoms with Gasteiger partial charge in [-0.3, -0.25) is 0 Å². The third kappa shape index (κ3) is 2.24. The van der Waals surface area contributed by atoms with Gasteiger partial charge >= 0.3 is 0 Å². The van der Waals surface area contributed by atoms with Crippen LogP contribution >= 0.6 is 15.9 Å². The lowest BCUT2D eigenvalue weighted by atomic mass is 9.69. The van der Waals surface area contributed by atoms with Crippen LogP contribution in [0.5, 0.6) is 0 Å². The molecule has 0 bridgehead atoms. The Hall–Kier alpha value is -0.450. The van der Waals surface area contributed by atoms with E-state index in [0.29, 0.717) is 25.7 Å². The summed E-state index contributed by atoms with van der Waals surface area (Å²) in [7, 11) is 0. The summed E-state index contributed by atoms with van der Waals surface area (Å²) in [4.78, 5) is 0. The average Bonchev–Trinajstić information content (AvgIpc) is 2.85. The summed E-state index contributed by atoms with van der Waals surface area (Å²) in [6, 6.07) is 5.14. The van der Waals surface area contributed by atoms with Crippen LogP contribution in [-0.4, -0.2) is 25.9 Å². The molecule has 0 radical (unpaired) electrons. The fourth-order valence-corrected chi connectivity index (χ4v) is 3.67. The fraction of sp³-hybridized carbons (Fsp3) is 0.600. The molecule has 19 heavy (non-hydrogen) atoms. The first kappa shape index (κ1) is 13.5. The summed E-state index contributed by atoms with van der Waals surface area (Å²) in [6.07, 6.45) is 2.26. The first-order valence-electron chi connectivity index (χ1n) is 6.80. The molecule has 3 atom stereocenters. The zero-order valence-electron chi connectivity index (χ0n) is 11.0. The fourth-order valence-electron chi connectivity index (χ4n) is 3.30. The van der Waals surface area contributed by atoms with Crippen LogP contribution in [0, 0.1) is 11.7 Å². The van der Waals surface area contributed by atoms with E-state index in [9.17, 15) is 4.39 Å². The summed E-state index contributed by atoms with van der Waals surface area (Å²) in [5.74, 6) is 0.201. The van der Waals surface area contributed by atoms with Crippen LogP contribution in [0.1, 0.15) is 25.3 Å². The Morgan fingerprint density at radius 3 is 3.05 bits per heavy atom. The molecule has 0 N–H and O–H groups in total. The van der Waals surface area contributed by atoms with Gasteiger partial charge in [0.05, 0.1) is 31.3 Å². The molecule has 0 aromatic heterocycles. The van der Waals surface area contributed by atoms with E-state index in [0.717, 1.165) is 22.9 Å². The van der Waals surface area contributed by atoms with Crippen molar-refractivity contribution in [3.63, 3.8) is 0 Å². The Kier molecular flexibility index (Phi) is 3.67. The van der Waals surface area contributed by atoms with Gasteiger partial charge in [0, 0.05) is 10.0 Å². The minimum Gasteiger partial charge on any atom is -0.380 e. The topological polar surface area (TPSA) is 18.5 Å². The van der Waals surface area contributed by atoms with Crippen molar-refractivity contribution >= 4 is 15.9 Å². The Morgan fingerprint density at radius 1 is 1.42 bits per heavy atom. The van der Waals surface area contributed by atoms with Gasteiger partial charge in [0.2, 0.25) is 0 Å². The molecule has 2 fully saturated rings. The Balaban J connectivity index is 1.99. The van der Waals surface area contributed by atoms with Crippen molar-refractivity contribution in [2.75, 3.05) is 19.8 Å². The maximum Gasteiger partial charge on any atom is 0.127 e. The van der Waals surface area contributed by atoms with E-state index in [2.05, 4.69) is 22.9 Å². The summed E-state index contributed by atoms with van der Waals surface area (Å²) < 4.78 is 26.7. The van der Waals surface area contributed by atoms with Crippen molar-refractivity contribution in [3.8, 4) is 0 Å². The molecule has 0 unspecified atom stereocenters. The van der Waals surface area contributed by atoms with Crippen molar-refractivity contribution in [1.82, 2.24) is 0 Å². The lowest BCUT2D eigenvalue weighted by Gasteiger charge is -2.41. The minimum absolute atomic E-state index is 0.155. The molecule has 1 aromatic carbocycles. The highest BCUT2D eigenvalue weighted by molar-refractivity contribution is 9.10. The molecule has 3 rings (SSSR count). The standard InChI is InChI=1S/C15H18BrFO2/c1-2-12-5-10-7-18-8-15(10,9-19-12)13-6-11(16)3-4-14(13)17/h3-4,6,10,12H,2,5,7-9H2,1H3/t10-,12-,15+/m0/s1. The minimum atomic E-state index is -0.306. The summed E-state index contributed by atoms with van der Waals surface area (Å²) in [5.41, 5.74) is 0.429. The third-order valence-electron chi connectivity index (χ3n) is 4.50. The molecular weight excluding hydrogens is 311 g/mol. The van der Waals surface area contributed by atoms with Crippen molar-refractivity contribution in [3.05, 3.63) is 34.1 Å². The van der Waals surface area contributed by atoms with Gasteiger partial charge in [0.25, 0.3) is 0 Å². The molecular formula is C15H18BrFO2. The predicted octanol–water partition coefficient (Wildman–Crippen LogP) is 3.67. The highest BCUT2D eigenvalue weighted by atomic mass is 79.9. The Morgan fingerprint density at radius 2 is 2.26 bits per heavy atom. The summed E-state index contributed by atoms with van der Waals surface area (Å²) in [5, 5.41) is 0. The SMILES string of the molecule is CC[C@H]1C[C@H]2COC[C@@]2(c2cc(Br)ccc2F)CO1. The van der Waals surface area contributed by atoms with E-state index in [1.54, 1.807) is 6.07 Å². The van der Waals surface area contributed by atoms with Crippen LogP contribution in [0.15, 0.2) is 22.7 Å². The first-order chi connectivity index (χ1) is 9.15. The highest BCUT2D eigenvalue weighted by Gasteiger charge is 2.50. The predicted molar refractivity (Wildman–Crippen MR) is 74.7 cm³/mol. The monoisotopic (exact) mass is 328 g/mol. The molecule has 0 aliphatic carbocycles. The van der Waals surface area contributed by atoms with E-state index in [4.69, 9.17) is 9.47 Å². The summed E-state index contributed by atoms with van der Waals surface area (Å²) >= 11 is 3.43. The van der Waals surface area contributed by atoms with Crippen molar-refractivity contribution < 1.29 is 13.9 Å². The van der Waals surface area contributed by atoms with Gasteiger partial charge in [0.15, 0.2) is 0 Å². The van der Waals surface area contributed by atoms with Crippen LogP contribution in [0.3, 0.4) is 0 Å². The smallest absolute Gasteiger partial charge is 0.127 e. The molecule has 2 aliphatic rings. The normalized spacial score (nSPS) is 34.3. The number of rotatable bonds is 2. The van der Waals surface area contributed by atoms with Crippen molar-refractivity contribution in [1.29, 1.82) is 0 Å². The van der Waals surface area contributed by atoms with Gasteiger partial charge in [-0.05, 0) is 37.0 Å². The maximum absolute atomic E-state index is 14.2. The van der Waals surface area contributed by atoms with Gasteiger partial charge < -0.3 is 9.47 Å². The number of halogens is 2. The highest BCUT2D eigenvalue weighted by Crippen LogP contribution is 2.46. The Bertz CT molecular complexity index is 479. The average molecular weight is 329 g/mol. The van der Waals surface area contributed by atoms with Crippen molar-refractivity contribution in [2.24, 2.45) is 5.92 Å². The molecule has 0 amide bonds. The molecule has 104 valence electrons. The second-order valence-corrected chi connectivity index (χ2v) is 6.48. The second kappa shape index (κ2) is 5.15. The summed E-state index contributed by atoms with van der Waals surface area (Å²) in [6.45, 7) is 3.96. The van der Waals surface area contributed by atoms with Gasteiger partial charge in [-0.15, -0.1) is 0 Å². The first-order valence-corrected chi connectivity index (χ1v) is 7.60. The molecule has 2 heterocycles. The van der Waals surface area contributed by atoms with Gasteiger partial charge in [0.1, 0.15) is 5.82 Å². The van der Waals surface area contributed by atoms with E-state index in [1.807, 2.05) is 6.07 Å². The zero-order chi connectivity index (χ0) is 13.5. The van der Waals surface area contributed by atoms with Crippen LogP contribution in [-0.2, 0) is 14.9 Å². The molecule has 0 saturated carbocycles. The number of benzene rings is 1. The van der Waals surface area contributed by atoms with E-state index in [-0.39, 0.29) is 17.3 Å². The number of ether oxygens (including phenoxy) is 2. The zero-order valence-corrected chi connectivity index (χ0v) is 12.6. The van der Waals surface area contributed by atoms with Crippen molar-refractivity contribution in [2.45, 2.75) is 31.3 Å². The maximum atomic E-state index is 14.2.